The van der Waals surface area contributed by atoms with E-state index < -0.39 is 11.6 Å². The van der Waals surface area contributed by atoms with Gasteiger partial charge in [0.1, 0.15) is 11.6 Å². The minimum Gasteiger partial charge on any atom is -0.345 e. The van der Waals surface area contributed by atoms with Crippen molar-refractivity contribution in [3.63, 3.8) is 0 Å². The second-order valence-electron chi connectivity index (χ2n) is 6.40. The first-order chi connectivity index (χ1) is 13.1. The summed E-state index contributed by atoms with van der Waals surface area (Å²) in [6.07, 6.45) is 0. The summed E-state index contributed by atoms with van der Waals surface area (Å²) >= 11 is 1.67. The molecule has 3 aromatic rings. The summed E-state index contributed by atoms with van der Waals surface area (Å²) in [6.45, 7) is 3.16. The van der Waals surface area contributed by atoms with E-state index in [2.05, 4.69) is 21.3 Å². The highest BCUT2D eigenvalue weighted by atomic mass is 32.1. The number of nitrogens with zero attached hydrogens (tertiary/aromatic N) is 3. The van der Waals surface area contributed by atoms with Gasteiger partial charge in [-0.25, -0.2) is 13.8 Å². The minimum absolute atomic E-state index is 0.00508. The number of para-hydroxylation sites is 1. The Morgan fingerprint density at radius 1 is 1.11 bits per heavy atom. The smallest absolute Gasteiger partial charge is 0.238 e. The minimum atomic E-state index is -0.774. The van der Waals surface area contributed by atoms with Gasteiger partial charge in [0.2, 0.25) is 5.91 Å². The number of aromatic nitrogens is 1. The Kier molecular flexibility index (Phi) is 5.00. The number of hydrogen-bond donors (Lipinski definition) is 1. The monoisotopic (exact) mass is 388 g/mol. The highest BCUT2D eigenvalue weighted by Gasteiger charge is 2.21. The van der Waals surface area contributed by atoms with Crippen LogP contribution in [0.25, 0.3) is 10.2 Å². The molecule has 0 bridgehead atoms. The van der Waals surface area contributed by atoms with Crippen LogP contribution in [0.2, 0.25) is 0 Å². The van der Waals surface area contributed by atoms with Crippen molar-refractivity contribution in [2.75, 3.05) is 42.9 Å². The maximum atomic E-state index is 13.6. The summed E-state index contributed by atoms with van der Waals surface area (Å²) in [5, 5.41) is 3.49. The predicted octanol–water partition coefficient (Wildman–Crippen LogP) is 3.34. The van der Waals surface area contributed by atoms with Crippen LogP contribution in [0.4, 0.5) is 19.6 Å². The fraction of sp³-hybridized carbons (Fsp3) is 0.263. The van der Waals surface area contributed by atoms with Crippen molar-refractivity contribution in [1.82, 2.24) is 9.88 Å². The third-order valence-corrected chi connectivity index (χ3v) is 5.60. The number of piperazine rings is 1. The average Bonchev–Trinajstić information content (AvgIpc) is 3.09. The number of carbonyl (C=O) groups is 1. The lowest BCUT2D eigenvalue weighted by Gasteiger charge is -2.34. The molecule has 140 valence electrons. The summed E-state index contributed by atoms with van der Waals surface area (Å²) < 4.78 is 27.7. The molecule has 1 aliphatic rings. The van der Waals surface area contributed by atoms with Gasteiger partial charge in [-0.15, -0.1) is 0 Å². The molecular formula is C19H18F2N4OS. The lowest BCUT2D eigenvalue weighted by Crippen LogP contribution is -2.48. The van der Waals surface area contributed by atoms with Crippen molar-refractivity contribution in [2.45, 2.75) is 0 Å². The van der Waals surface area contributed by atoms with Gasteiger partial charge in [-0.3, -0.25) is 9.69 Å². The van der Waals surface area contributed by atoms with Gasteiger partial charge in [-0.2, -0.15) is 0 Å². The van der Waals surface area contributed by atoms with Crippen molar-refractivity contribution < 1.29 is 13.6 Å². The van der Waals surface area contributed by atoms with Crippen LogP contribution < -0.4 is 10.2 Å². The number of fused-ring (bicyclic) bond motifs is 1. The van der Waals surface area contributed by atoms with Gasteiger partial charge in [0.15, 0.2) is 5.13 Å². The molecule has 2 heterocycles. The Hall–Kier alpha value is -2.58. The van der Waals surface area contributed by atoms with E-state index in [0.717, 1.165) is 53.7 Å². The molecule has 1 saturated heterocycles. The molecule has 1 aromatic heterocycles. The first-order valence-corrected chi connectivity index (χ1v) is 9.48. The molecule has 1 aliphatic heterocycles. The summed E-state index contributed by atoms with van der Waals surface area (Å²) in [7, 11) is 0. The van der Waals surface area contributed by atoms with E-state index in [4.69, 9.17) is 0 Å². The highest BCUT2D eigenvalue weighted by molar-refractivity contribution is 7.22. The zero-order valence-corrected chi connectivity index (χ0v) is 15.3. The Morgan fingerprint density at radius 2 is 1.89 bits per heavy atom. The lowest BCUT2D eigenvalue weighted by molar-refractivity contribution is -0.117. The van der Waals surface area contributed by atoms with Crippen LogP contribution in [-0.4, -0.2) is 48.5 Å². The third-order valence-electron chi connectivity index (χ3n) is 4.50. The second kappa shape index (κ2) is 7.58. The SMILES string of the molecule is O=C(CN1CCN(c2nc3ccccc3s2)CC1)Nc1ccc(F)cc1F. The molecule has 1 amide bonds. The summed E-state index contributed by atoms with van der Waals surface area (Å²) in [4.78, 5) is 21.1. The van der Waals surface area contributed by atoms with Crippen molar-refractivity contribution in [2.24, 2.45) is 0 Å². The maximum Gasteiger partial charge on any atom is 0.238 e. The molecule has 5 nitrogen and oxygen atoms in total. The standard InChI is InChI=1S/C19H18F2N4OS/c20-13-5-6-15(14(21)11-13)22-18(26)12-24-7-9-25(10-8-24)19-23-16-3-1-2-4-17(16)27-19/h1-6,11H,7-10,12H2,(H,22,26). The van der Waals surface area contributed by atoms with Crippen LogP contribution in [-0.2, 0) is 4.79 Å². The average molecular weight is 388 g/mol. The Bertz CT molecular complexity index is 936. The van der Waals surface area contributed by atoms with E-state index in [1.807, 2.05) is 23.1 Å². The summed E-state index contributed by atoms with van der Waals surface area (Å²) in [5.41, 5.74) is 0.996. The maximum absolute atomic E-state index is 13.6. The number of benzene rings is 2. The molecule has 1 fully saturated rings. The van der Waals surface area contributed by atoms with E-state index in [1.165, 1.54) is 6.07 Å². The van der Waals surface area contributed by atoms with E-state index >= 15 is 0 Å². The van der Waals surface area contributed by atoms with Gasteiger partial charge in [0.05, 0.1) is 22.4 Å². The molecule has 1 N–H and O–H groups in total. The zero-order chi connectivity index (χ0) is 18.8. The second-order valence-corrected chi connectivity index (χ2v) is 7.41. The van der Waals surface area contributed by atoms with E-state index in [9.17, 15) is 13.6 Å². The van der Waals surface area contributed by atoms with Crippen LogP contribution in [0.3, 0.4) is 0 Å². The van der Waals surface area contributed by atoms with Crippen LogP contribution in [0, 0.1) is 11.6 Å². The topological polar surface area (TPSA) is 48.5 Å². The molecule has 8 heteroatoms. The molecule has 0 unspecified atom stereocenters. The number of amides is 1. The van der Waals surface area contributed by atoms with Crippen molar-refractivity contribution in [3.8, 4) is 0 Å². The summed E-state index contributed by atoms with van der Waals surface area (Å²) in [6, 6.07) is 11.2. The van der Waals surface area contributed by atoms with Crippen LogP contribution in [0.5, 0.6) is 0 Å². The zero-order valence-electron chi connectivity index (χ0n) is 14.5. The number of anilines is 2. The molecular weight excluding hydrogens is 370 g/mol. The fourth-order valence-electron chi connectivity index (χ4n) is 3.08. The normalized spacial score (nSPS) is 15.3. The first-order valence-electron chi connectivity index (χ1n) is 8.66. The van der Waals surface area contributed by atoms with Gasteiger partial charge in [0, 0.05) is 32.2 Å². The first kappa shape index (κ1) is 17.8. The largest absolute Gasteiger partial charge is 0.345 e. The molecule has 0 spiro atoms. The highest BCUT2D eigenvalue weighted by Crippen LogP contribution is 2.29. The number of hydrogen-bond acceptors (Lipinski definition) is 5. The van der Waals surface area contributed by atoms with Gasteiger partial charge >= 0.3 is 0 Å². The van der Waals surface area contributed by atoms with Crippen molar-refractivity contribution in [1.29, 1.82) is 0 Å². The molecule has 27 heavy (non-hydrogen) atoms. The molecule has 0 aliphatic carbocycles. The Morgan fingerprint density at radius 3 is 2.63 bits per heavy atom. The van der Waals surface area contributed by atoms with Crippen LogP contribution >= 0.6 is 11.3 Å². The molecule has 0 atom stereocenters. The Labute approximate surface area is 159 Å². The van der Waals surface area contributed by atoms with Gasteiger partial charge in [-0.05, 0) is 24.3 Å². The van der Waals surface area contributed by atoms with E-state index in [-0.39, 0.29) is 18.1 Å². The quantitative estimate of drug-likeness (QED) is 0.745. The van der Waals surface area contributed by atoms with Crippen LogP contribution in [0.15, 0.2) is 42.5 Å². The third kappa shape index (κ3) is 4.06. The number of thiazole rings is 1. The summed E-state index contributed by atoms with van der Waals surface area (Å²) in [5.74, 6) is -1.76. The molecule has 2 aromatic carbocycles. The number of carbonyl (C=O) groups excluding carboxylic acids is 1. The van der Waals surface area contributed by atoms with Crippen molar-refractivity contribution in [3.05, 3.63) is 54.1 Å². The van der Waals surface area contributed by atoms with E-state index in [1.54, 1.807) is 11.3 Å². The molecule has 0 radical (unpaired) electrons. The van der Waals surface area contributed by atoms with Crippen molar-refractivity contribution >= 4 is 38.3 Å². The number of rotatable bonds is 4. The number of nitrogens with one attached hydrogen (secondary N) is 1. The van der Waals surface area contributed by atoms with Crippen LogP contribution in [0.1, 0.15) is 0 Å². The lowest BCUT2D eigenvalue weighted by atomic mass is 10.3. The van der Waals surface area contributed by atoms with Gasteiger partial charge in [0.25, 0.3) is 0 Å². The Balaban J connectivity index is 1.31. The van der Waals surface area contributed by atoms with Gasteiger partial charge in [-0.1, -0.05) is 23.5 Å². The number of halogens is 2. The molecule has 4 rings (SSSR count). The predicted molar refractivity (Wildman–Crippen MR) is 103 cm³/mol. The molecule has 0 saturated carbocycles. The van der Waals surface area contributed by atoms with E-state index in [0.29, 0.717) is 0 Å². The van der Waals surface area contributed by atoms with Gasteiger partial charge < -0.3 is 10.2 Å². The fourth-order valence-corrected chi connectivity index (χ4v) is 4.09.